The third kappa shape index (κ3) is 6.52. The molecule has 0 radical (unpaired) electrons. The Morgan fingerprint density at radius 2 is 2.06 bits per heavy atom. The molecule has 0 spiro atoms. The third-order valence-corrected chi connectivity index (χ3v) is 6.34. The fourth-order valence-electron chi connectivity index (χ4n) is 4.34. The van der Waals surface area contributed by atoms with Crippen molar-refractivity contribution in [2.75, 3.05) is 36.4 Å². The second kappa shape index (κ2) is 11.2. The number of ether oxygens (including phenoxy) is 1. The number of aliphatic hydroxyl groups excluding tert-OH is 1. The molecule has 9 nitrogen and oxygen atoms in total. The van der Waals surface area contributed by atoms with E-state index >= 15 is 4.39 Å². The molecule has 1 aromatic heterocycles. The summed E-state index contributed by atoms with van der Waals surface area (Å²) >= 11 is 0. The minimum atomic E-state index is -3.07. The largest absolute Gasteiger partial charge is 0.435 e. The number of nitrogens with two attached hydrogens (primary N) is 1. The van der Waals surface area contributed by atoms with Crippen molar-refractivity contribution in [1.82, 2.24) is 14.9 Å². The molecule has 2 heterocycles. The Morgan fingerprint density at radius 3 is 2.69 bits per heavy atom. The maximum absolute atomic E-state index is 15.4. The maximum Gasteiger partial charge on any atom is 0.387 e. The summed E-state index contributed by atoms with van der Waals surface area (Å²) in [6, 6.07) is 3.39. The summed E-state index contributed by atoms with van der Waals surface area (Å²) in [5, 5.41) is 13.4. The fraction of sp³-hybridized carbons (Fsp3) is 0.522. The predicted molar refractivity (Wildman–Crippen MR) is 122 cm³/mol. The van der Waals surface area contributed by atoms with E-state index in [2.05, 4.69) is 20.0 Å². The lowest BCUT2D eigenvalue weighted by atomic mass is 9.93. The molecular weight excluding hydrogens is 484 g/mol. The van der Waals surface area contributed by atoms with Crippen molar-refractivity contribution in [3.8, 4) is 5.75 Å². The zero-order chi connectivity index (χ0) is 25.8. The van der Waals surface area contributed by atoms with Gasteiger partial charge in [0.25, 0.3) is 0 Å². The monoisotopic (exact) mass is 512 g/mol. The number of β-amino-alcohol motifs (C(OH)–C–C–N with tert-alkyl or cyclic N) is 1. The van der Waals surface area contributed by atoms with E-state index in [1.807, 2.05) is 0 Å². The van der Waals surface area contributed by atoms with Gasteiger partial charge in [-0.05, 0) is 31.9 Å². The quantitative estimate of drug-likeness (QED) is 0.392. The van der Waals surface area contributed by atoms with Gasteiger partial charge >= 0.3 is 6.61 Å². The van der Waals surface area contributed by atoms with E-state index in [1.165, 1.54) is 18.5 Å². The SMILES string of the molecule is NC(=O)CN1CC[C@H](CNc2ncnc(N(Cc3ccc(OC(F)F)cc3F)C3CC3)c2F)[C@@H](O)C1. The normalized spacial score (nSPS) is 20.4. The molecule has 13 heteroatoms. The molecule has 36 heavy (non-hydrogen) atoms. The first kappa shape index (κ1) is 25.9. The van der Waals surface area contributed by atoms with Crippen LogP contribution in [0.1, 0.15) is 24.8 Å². The van der Waals surface area contributed by atoms with Gasteiger partial charge in [-0.15, -0.1) is 0 Å². The number of anilines is 2. The topological polar surface area (TPSA) is 117 Å². The van der Waals surface area contributed by atoms with E-state index in [0.717, 1.165) is 18.9 Å². The molecule has 1 aliphatic heterocycles. The Bertz CT molecular complexity index is 1070. The third-order valence-electron chi connectivity index (χ3n) is 6.34. The number of hydrogen-bond acceptors (Lipinski definition) is 8. The van der Waals surface area contributed by atoms with Gasteiger partial charge in [-0.2, -0.15) is 13.2 Å². The summed E-state index contributed by atoms with van der Waals surface area (Å²) in [6.07, 6.45) is 2.61. The Balaban J connectivity index is 1.43. The number of aliphatic hydroxyl groups is 1. The highest BCUT2D eigenvalue weighted by molar-refractivity contribution is 5.75. The molecule has 1 amide bonds. The van der Waals surface area contributed by atoms with E-state index in [4.69, 9.17) is 5.73 Å². The molecule has 2 aliphatic rings. The lowest BCUT2D eigenvalue weighted by Gasteiger charge is -2.35. The molecular formula is C23H28F4N6O3. The molecule has 2 atom stereocenters. The number of carbonyl (C=O) groups is 1. The Labute approximate surface area is 205 Å². The van der Waals surface area contributed by atoms with Crippen LogP contribution in [-0.4, -0.2) is 70.8 Å². The molecule has 4 rings (SSSR count). The van der Waals surface area contributed by atoms with Gasteiger partial charge in [0.15, 0.2) is 11.6 Å². The maximum atomic E-state index is 15.4. The molecule has 1 saturated heterocycles. The van der Waals surface area contributed by atoms with Crippen molar-refractivity contribution in [2.24, 2.45) is 11.7 Å². The first-order valence-electron chi connectivity index (χ1n) is 11.6. The average molecular weight is 513 g/mol. The summed E-state index contributed by atoms with van der Waals surface area (Å²) in [6.45, 7) is -1.90. The lowest BCUT2D eigenvalue weighted by molar-refractivity contribution is -0.120. The van der Waals surface area contributed by atoms with Crippen LogP contribution < -0.4 is 20.7 Å². The second-order valence-electron chi connectivity index (χ2n) is 9.05. The number of nitrogens with zero attached hydrogens (tertiary/aromatic N) is 4. The van der Waals surface area contributed by atoms with Crippen LogP contribution in [0.2, 0.25) is 0 Å². The van der Waals surface area contributed by atoms with Crippen molar-refractivity contribution < 1.29 is 32.2 Å². The Morgan fingerprint density at radius 1 is 1.28 bits per heavy atom. The van der Waals surface area contributed by atoms with Gasteiger partial charge in [0.2, 0.25) is 11.7 Å². The van der Waals surface area contributed by atoms with Crippen LogP contribution in [0.3, 0.4) is 0 Å². The number of rotatable bonds is 11. The number of primary amides is 1. The van der Waals surface area contributed by atoms with Crippen molar-refractivity contribution >= 4 is 17.5 Å². The van der Waals surface area contributed by atoms with E-state index in [9.17, 15) is 23.1 Å². The number of carbonyl (C=O) groups excluding carboxylic acids is 1. The average Bonchev–Trinajstić information content (AvgIpc) is 3.64. The first-order chi connectivity index (χ1) is 17.2. The Hall–Kier alpha value is -3.19. The van der Waals surface area contributed by atoms with Crippen molar-refractivity contribution in [1.29, 1.82) is 0 Å². The summed E-state index contributed by atoms with van der Waals surface area (Å²) in [5.74, 6) is -2.45. The van der Waals surface area contributed by atoms with Crippen LogP contribution in [0.5, 0.6) is 5.75 Å². The van der Waals surface area contributed by atoms with Crippen LogP contribution in [-0.2, 0) is 11.3 Å². The number of benzene rings is 1. The number of amides is 1. The van der Waals surface area contributed by atoms with Crippen molar-refractivity contribution in [3.63, 3.8) is 0 Å². The molecule has 2 aromatic rings. The predicted octanol–water partition coefficient (Wildman–Crippen LogP) is 2.11. The lowest BCUT2D eigenvalue weighted by Crippen LogP contribution is -2.48. The number of alkyl halides is 2. The second-order valence-corrected chi connectivity index (χ2v) is 9.05. The summed E-state index contributed by atoms with van der Waals surface area (Å²) in [5.41, 5.74) is 5.39. The summed E-state index contributed by atoms with van der Waals surface area (Å²) in [7, 11) is 0. The van der Waals surface area contributed by atoms with E-state index < -0.39 is 30.3 Å². The minimum absolute atomic E-state index is 0.000803. The molecule has 1 aliphatic carbocycles. The van der Waals surface area contributed by atoms with Gasteiger partial charge in [0.05, 0.1) is 12.6 Å². The van der Waals surface area contributed by atoms with Crippen LogP contribution >= 0.6 is 0 Å². The number of halogens is 4. The highest BCUT2D eigenvalue weighted by Crippen LogP contribution is 2.35. The van der Waals surface area contributed by atoms with Gasteiger partial charge < -0.3 is 25.8 Å². The number of nitrogens with one attached hydrogen (secondary N) is 1. The fourth-order valence-corrected chi connectivity index (χ4v) is 4.34. The standard InChI is InChI=1S/C23H28F4N6O3/c24-17-7-16(36-23(26)27)4-1-14(17)9-33(15-2-3-15)22-20(25)21(30-12-31-22)29-8-13-5-6-32(10-18(13)34)11-19(28)35/h1,4,7,12-13,15,18,23,34H,2-3,5-6,8-11H2,(H2,28,35)(H,29,30,31)/t13-,18+/m1/s1. The van der Waals surface area contributed by atoms with E-state index in [-0.39, 0.29) is 61.1 Å². The molecule has 1 aromatic carbocycles. The van der Waals surface area contributed by atoms with E-state index in [0.29, 0.717) is 13.0 Å². The molecule has 1 saturated carbocycles. The molecule has 4 N–H and O–H groups in total. The van der Waals surface area contributed by atoms with Gasteiger partial charge in [0.1, 0.15) is 17.9 Å². The first-order valence-corrected chi connectivity index (χ1v) is 11.6. The summed E-state index contributed by atoms with van der Waals surface area (Å²) < 4.78 is 59.0. The molecule has 0 bridgehead atoms. The van der Waals surface area contributed by atoms with Crippen LogP contribution in [0, 0.1) is 17.6 Å². The van der Waals surface area contributed by atoms with Crippen molar-refractivity contribution in [3.05, 3.63) is 41.7 Å². The van der Waals surface area contributed by atoms with Gasteiger partial charge in [0, 0.05) is 43.2 Å². The van der Waals surface area contributed by atoms with Gasteiger partial charge in [-0.25, -0.2) is 14.4 Å². The van der Waals surface area contributed by atoms with Crippen LogP contribution in [0.25, 0.3) is 0 Å². The molecule has 2 fully saturated rings. The number of likely N-dealkylation sites (tertiary alicyclic amines) is 1. The molecule has 196 valence electrons. The highest BCUT2D eigenvalue weighted by atomic mass is 19.3. The van der Waals surface area contributed by atoms with Gasteiger partial charge in [-0.1, -0.05) is 6.07 Å². The number of aromatic nitrogens is 2. The van der Waals surface area contributed by atoms with Crippen LogP contribution in [0.4, 0.5) is 29.2 Å². The summed E-state index contributed by atoms with van der Waals surface area (Å²) in [4.78, 5) is 22.6. The number of hydrogen-bond donors (Lipinski definition) is 3. The smallest absolute Gasteiger partial charge is 0.387 e. The van der Waals surface area contributed by atoms with Gasteiger partial charge in [-0.3, -0.25) is 9.69 Å². The van der Waals surface area contributed by atoms with Crippen molar-refractivity contribution in [2.45, 2.75) is 44.6 Å². The van der Waals surface area contributed by atoms with Crippen LogP contribution in [0.15, 0.2) is 24.5 Å². The van der Waals surface area contributed by atoms with E-state index in [1.54, 1.807) is 9.80 Å². The Kier molecular flexibility index (Phi) is 8.09. The minimum Gasteiger partial charge on any atom is -0.435 e. The molecule has 0 unspecified atom stereocenters. The zero-order valence-corrected chi connectivity index (χ0v) is 19.4. The number of piperidine rings is 1. The highest BCUT2D eigenvalue weighted by Gasteiger charge is 2.34. The zero-order valence-electron chi connectivity index (χ0n) is 19.4.